The van der Waals surface area contributed by atoms with Crippen molar-refractivity contribution in [3.63, 3.8) is 0 Å². The van der Waals surface area contributed by atoms with Gasteiger partial charge >= 0.3 is 7.82 Å². The number of para-hydroxylation sites is 6. The number of phenols is 3. The molecule has 302 valence electrons. The number of nitro groups is 3. The zero-order valence-corrected chi connectivity index (χ0v) is 31.8. The number of hydrogen-bond donors (Lipinski definition) is 3. The number of nitro benzene ring substituents is 3. The minimum atomic E-state index is -5.40. The van der Waals surface area contributed by atoms with Crippen LogP contribution in [-0.4, -0.2) is 30.1 Å². The molecule has 16 nitrogen and oxygen atoms in total. The quantitative estimate of drug-likeness (QED) is 0.0416. The van der Waals surface area contributed by atoms with Gasteiger partial charge in [-0.1, -0.05) is 91.0 Å². The van der Waals surface area contributed by atoms with E-state index in [0.29, 0.717) is 0 Å². The van der Waals surface area contributed by atoms with Gasteiger partial charge in [-0.25, -0.2) is 4.57 Å². The van der Waals surface area contributed by atoms with Crippen molar-refractivity contribution in [2.45, 2.75) is 37.6 Å². The Morgan fingerprint density at radius 1 is 0.424 bits per heavy atom. The summed E-state index contributed by atoms with van der Waals surface area (Å²) in [6.07, 6.45) is -5.91. The van der Waals surface area contributed by atoms with Crippen LogP contribution >= 0.6 is 7.82 Å². The Labute approximate surface area is 336 Å². The molecule has 6 aromatic carbocycles. The van der Waals surface area contributed by atoms with Crippen molar-refractivity contribution in [1.29, 1.82) is 0 Å². The van der Waals surface area contributed by atoms with Gasteiger partial charge in [-0.2, -0.15) is 0 Å². The Balaban J connectivity index is 1.58. The lowest BCUT2D eigenvalue weighted by atomic mass is 9.99. The largest absolute Gasteiger partial charge is 0.508 e. The topological polar surface area (TPSA) is 235 Å². The van der Waals surface area contributed by atoms with Crippen molar-refractivity contribution in [2.75, 3.05) is 0 Å². The lowest BCUT2D eigenvalue weighted by Crippen LogP contribution is -2.18. The normalized spacial score (nSPS) is 13.8. The number of aromatic hydroxyl groups is 3. The van der Waals surface area contributed by atoms with Crippen LogP contribution in [0.15, 0.2) is 146 Å². The number of hydrogen-bond acceptors (Lipinski definition) is 13. The van der Waals surface area contributed by atoms with Crippen molar-refractivity contribution < 1.29 is 48.2 Å². The fraction of sp³-hybridized carbons (Fsp3) is 0.143. The number of rotatable bonds is 18. The molecule has 0 aromatic heterocycles. The minimum Gasteiger partial charge on any atom is -0.508 e. The number of phenolic OH excluding ortho intramolecular Hbond substituents is 3. The van der Waals surface area contributed by atoms with E-state index in [2.05, 4.69) is 0 Å². The van der Waals surface area contributed by atoms with Crippen LogP contribution < -0.4 is 0 Å². The lowest BCUT2D eigenvalue weighted by Gasteiger charge is -2.31. The van der Waals surface area contributed by atoms with Gasteiger partial charge in [0.1, 0.15) is 35.6 Å². The Hall–Kier alpha value is -6.97. The summed E-state index contributed by atoms with van der Waals surface area (Å²) in [6.45, 7) is 0. The van der Waals surface area contributed by atoms with E-state index in [9.17, 15) is 45.7 Å². The summed E-state index contributed by atoms with van der Waals surface area (Å²) in [6, 6.07) is 34.2. The summed E-state index contributed by atoms with van der Waals surface area (Å²) >= 11 is 0. The van der Waals surface area contributed by atoms with Gasteiger partial charge in [0, 0.05) is 37.5 Å². The standard InChI is InChI=1S/C42H36N3O13P/c46-37-22-10-1-13-28(37)25-40(31-16-4-7-19-34(31)43(49)50)56-59(55,57-41(26-29-14-2-11-23-38(29)47)32-17-5-8-20-35(32)44(51)52)58-42(27-30-15-3-12-24-39(30)48)33-18-6-9-21-36(33)45(53)54/h1-24,40-42,46-48H,25-27H2. The van der Waals surface area contributed by atoms with Crippen molar-refractivity contribution >= 4 is 24.9 Å². The molecule has 59 heavy (non-hydrogen) atoms. The molecule has 0 fully saturated rings. The van der Waals surface area contributed by atoms with Gasteiger partial charge in [0.25, 0.3) is 17.1 Å². The van der Waals surface area contributed by atoms with E-state index in [-0.39, 0.29) is 69.9 Å². The van der Waals surface area contributed by atoms with E-state index in [1.807, 2.05) is 0 Å². The molecule has 0 bridgehead atoms. The molecular formula is C42H36N3O13P. The van der Waals surface area contributed by atoms with Crippen LogP contribution in [0.25, 0.3) is 0 Å². The predicted octanol–water partition coefficient (Wildman–Crippen LogP) is 9.94. The van der Waals surface area contributed by atoms with Gasteiger partial charge in [0.15, 0.2) is 0 Å². The number of benzene rings is 6. The van der Waals surface area contributed by atoms with Crippen molar-refractivity contribution in [3.05, 3.63) is 209 Å². The fourth-order valence-electron chi connectivity index (χ4n) is 6.58. The van der Waals surface area contributed by atoms with E-state index in [0.717, 1.165) is 0 Å². The predicted molar refractivity (Wildman–Crippen MR) is 214 cm³/mol. The molecule has 0 heterocycles. The first kappa shape index (κ1) is 41.7. The highest BCUT2D eigenvalue weighted by molar-refractivity contribution is 7.48. The van der Waals surface area contributed by atoms with Crippen LogP contribution in [0.4, 0.5) is 17.1 Å². The first-order valence-electron chi connectivity index (χ1n) is 18.0. The SMILES string of the molecule is O=[N+]([O-])c1ccccc1C(Cc1ccccc1O)OP(=O)(OC(Cc1ccccc1O)c1ccccc1[N+](=O)[O-])OC(Cc1ccccc1O)c1ccccc1[N+](=O)[O-]. The molecular weight excluding hydrogens is 785 g/mol. The molecule has 6 rings (SSSR count). The summed E-state index contributed by atoms with van der Waals surface area (Å²) < 4.78 is 34.9. The maximum absolute atomic E-state index is 15.9. The molecule has 3 unspecified atom stereocenters. The lowest BCUT2D eigenvalue weighted by molar-refractivity contribution is -0.386. The van der Waals surface area contributed by atoms with Gasteiger partial charge in [0.2, 0.25) is 0 Å². The Bertz CT molecular complexity index is 2260. The third-order valence-corrected chi connectivity index (χ3v) is 10.9. The highest BCUT2D eigenvalue weighted by Gasteiger charge is 2.42. The van der Waals surface area contributed by atoms with Crippen LogP contribution in [0.3, 0.4) is 0 Å². The number of phosphoric acid groups is 1. The van der Waals surface area contributed by atoms with E-state index in [1.54, 1.807) is 36.4 Å². The summed E-state index contributed by atoms with van der Waals surface area (Å²) in [5.41, 5.74) is -1.16. The monoisotopic (exact) mass is 821 g/mol. The summed E-state index contributed by atoms with van der Waals surface area (Å²) in [7, 11) is -5.40. The molecule has 0 aliphatic carbocycles. The van der Waals surface area contributed by atoms with E-state index < -0.39 is 58.0 Å². The zero-order valence-electron chi connectivity index (χ0n) is 30.9. The number of phosphoric ester groups is 1. The highest BCUT2D eigenvalue weighted by Crippen LogP contribution is 2.61. The van der Waals surface area contributed by atoms with Crippen LogP contribution in [-0.2, 0) is 37.4 Å². The summed E-state index contributed by atoms with van der Waals surface area (Å²) in [5.74, 6) is -0.692. The van der Waals surface area contributed by atoms with Crippen molar-refractivity contribution in [2.24, 2.45) is 0 Å². The third-order valence-electron chi connectivity index (χ3n) is 9.40. The minimum absolute atomic E-state index is 0.126. The second-order valence-electron chi connectivity index (χ2n) is 13.2. The Kier molecular flexibility index (Phi) is 13.1. The summed E-state index contributed by atoms with van der Waals surface area (Å²) in [5, 5.41) is 69.7. The second kappa shape index (κ2) is 18.5. The molecule has 0 aliphatic rings. The van der Waals surface area contributed by atoms with E-state index in [1.165, 1.54) is 109 Å². The first-order chi connectivity index (χ1) is 28.3. The van der Waals surface area contributed by atoms with E-state index in [4.69, 9.17) is 13.6 Å². The molecule has 0 spiro atoms. The van der Waals surface area contributed by atoms with Gasteiger partial charge in [-0.15, -0.1) is 0 Å². The number of nitrogens with zero attached hydrogens (tertiary/aromatic N) is 3. The average molecular weight is 822 g/mol. The van der Waals surface area contributed by atoms with Gasteiger partial charge < -0.3 is 15.3 Å². The molecule has 0 saturated heterocycles. The van der Waals surface area contributed by atoms with Gasteiger partial charge in [0.05, 0.1) is 31.5 Å². The zero-order chi connectivity index (χ0) is 42.1. The third kappa shape index (κ3) is 10.1. The van der Waals surface area contributed by atoms with Gasteiger partial charge in [-0.3, -0.25) is 43.9 Å². The Morgan fingerprint density at radius 2 is 0.661 bits per heavy atom. The maximum atomic E-state index is 15.9. The molecule has 0 aliphatic heterocycles. The molecule has 3 atom stereocenters. The van der Waals surface area contributed by atoms with E-state index >= 15 is 4.57 Å². The first-order valence-corrected chi connectivity index (χ1v) is 19.5. The summed E-state index contributed by atoms with van der Waals surface area (Å²) in [4.78, 5) is 35.1. The highest BCUT2D eigenvalue weighted by atomic mass is 31.2. The van der Waals surface area contributed by atoms with Gasteiger partial charge in [-0.05, 0) is 53.1 Å². The molecule has 6 aromatic rings. The molecule has 17 heteroatoms. The molecule has 0 amide bonds. The average Bonchev–Trinajstić information content (AvgIpc) is 3.22. The van der Waals surface area contributed by atoms with Crippen molar-refractivity contribution in [1.82, 2.24) is 0 Å². The molecule has 0 saturated carbocycles. The second-order valence-corrected chi connectivity index (χ2v) is 14.7. The van der Waals surface area contributed by atoms with Crippen LogP contribution in [0.5, 0.6) is 17.2 Å². The van der Waals surface area contributed by atoms with Crippen molar-refractivity contribution in [3.8, 4) is 17.2 Å². The van der Waals surface area contributed by atoms with Crippen LogP contribution in [0, 0.1) is 30.3 Å². The van der Waals surface area contributed by atoms with Crippen LogP contribution in [0.2, 0.25) is 0 Å². The Morgan fingerprint density at radius 3 is 0.915 bits per heavy atom. The maximum Gasteiger partial charge on any atom is 0.476 e. The fourth-order valence-corrected chi connectivity index (χ4v) is 8.23. The molecule has 3 N–H and O–H groups in total. The van der Waals surface area contributed by atoms with Crippen LogP contribution in [0.1, 0.15) is 51.7 Å². The molecule has 0 radical (unpaired) electrons. The smallest absolute Gasteiger partial charge is 0.476 e.